The quantitative estimate of drug-likeness (QED) is 0.854. The molecule has 1 N–H and O–H groups in total. The van der Waals surface area contributed by atoms with Crippen molar-refractivity contribution in [3.63, 3.8) is 0 Å². The Bertz CT molecular complexity index is 486. The van der Waals surface area contributed by atoms with Gasteiger partial charge in [-0.2, -0.15) is 0 Å². The summed E-state index contributed by atoms with van der Waals surface area (Å²) in [5.74, 6) is -0.432. The maximum atomic E-state index is 13.2. The lowest BCUT2D eigenvalue weighted by Gasteiger charge is -2.21. The molecule has 2 fully saturated rings. The monoisotopic (exact) mass is 280 g/mol. The number of benzene rings is 1. The molecule has 0 saturated carbocycles. The van der Waals surface area contributed by atoms with Gasteiger partial charge in [0.1, 0.15) is 11.6 Å². The van der Waals surface area contributed by atoms with E-state index in [4.69, 9.17) is 0 Å². The summed E-state index contributed by atoms with van der Waals surface area (Å²) in [5.41, 5.74) is 0.104. The van der Waals surface area contributed by atoms with E-state index in [1.165, 1.54) is 0 Å². The molecule has 0 radical (unpaired) electrons. The van der Waals surface area contributed by atoms with Crippen molar-refractivity contribution in [1.82, 2.24) is 10.2 Å². The van der Waals surface area contributed by atoms with Crippen LogP contribution in [0.5, 0.6) is 0 Å². The largest absolute Gasteiger partial charge is 0.339 e. The second kappa shape index (κ2) is 5.48. The van der Waals surface area contributed by atoms with Crippen molar-refractivity contribution < 1.29 is 13.6 Å². The Kier molecular flexibility index (Phi) is 3.70. The van der Waals surface area contributed by atoms with E-state index >= 15 is 0 Å². The lowest BCUT2D eigenvalue weighted by Crippen LogP contribution is -2.32. The molecule has 2 aliphatic rings. The minimum atomic E-state index is -0.704. The fraction of sp³-hybridized carbons (Fsp3) is 0.533. The van der Waals surface area contributed by atoms with Crippen LogP contribution in [0.3, 0.4) is 0 Å². The van der Waals surface area contributed by atoms with E-state index in [-0.39, 0.29) is 11.5 Å². The number of carbonyl (C=O) groups excluding carboxylic acids is 1. The molecule has 1 aromatic rings. The van der Waals surface area contributed by atoms with Gasteiger partial charge in [-0.15, -0.1) is 0 Å². The molecule has 1 aromatic carbocycles. The molecule has 0 aromatic heterocycles. The summed E-state index contributed by atoms with van der Waals surface area (Å²) in [6.45, 7) is 3.36. The third-order valence-corrected chi connectivity index (χ3v) is 4.42. The minimum Gasteiger partial charge on any atom is -0.339 e. The topological polar surface area (TPSA) is 32.3 Å². The lowest BCUT2D eigenvalue weighted by atomic mass is 9.92. The highest BCUT2D eigenvalue weighted by atomic mass is 19.1. The van der Waals surface area contributed by atoms with Crippen molar-refractivity contribution in [2.24, 2.45) is 11.8 Å². The number of nitrogens with zero attached hydrogens (tertiary/aromatic N) is 1. The zero-order valence-corrected chi connectivity index (χ0v) is 11.2. The van der Waals surface area contributed by atoms with Crippen molar-refractivity contribution in [3.05, 3.63) is 35.4 Å². The van der Waals surface area contributed by atoms with E-state index in [0.717, 1.165) is 44.1 Å². The molecule has 2 atom stereocenters. The number of likely N-dealkylation sites (tertiary alicyclic amines) is 1. The van der Waals surface area contributed by atoms with Crippen LogP contribution in [0.25, 0.3) is 0 Å². The molecular formula is C15H18F2N2O. The number of halogens is 2. The predicted molar refractivity (Wildman–Crippen MR) is 71.3 cm³/mol. The highest BCUT2D eigenvalue weighted by molar-refractivity contribution is 5.94. The smallest absolute Gasteiger partial charge is 0.254 e. The molecule has 2 saturated heterocycles. The second-order valence-corrected chi connectivity index (χ2v) is 5.71. The first-order valence-corrected chi connectivity index (χ1v) is 7.09. The highest BCUT2D eigenvalue weighted by Crippen LogP contribution is 2.27. The normalized spacial score (nSPS) is 26.2. The highest BCUT2D eigenvalue weighted by Gasteiger charge is 2.31. The van der Waals surface area contributed by atoms with Crippen LogP contribution in [-0.2, 0) is 0 Å². The Morgan fingerprint density at radius 3 is 2.15 bits per heavy atom. The fourth-order valence-corrected chi connectivity index (χ4v) is 3.28. The van der Waals surface area contributed by atoms with Gasteiger partial charge in [-0.25, -0.2) is 8.78 Å². The summed E-state index contributed by atoms with van der Waals surface area (Å²) in [6, 6.07) is 3.01. The number of carbonyl (C=O) groups is 1. The van der Waals surface area contributed by atoms with Crippen LogP contribution >= 0.6 is 0 Å². The first-order valence-electron chi connectivity index (χ1n) is 7.09. The average molecular weight is 280 g/mol. The average Bonchev–Trinajstić information content (AvgIpc) is 2.76. The molecule has 0 aliphatic carbocycles. The predicted octanol–water partition coefficient (Wildman–Crippen LogP) is 2.04. The molecule has 0 spiro atoms. The summed E-state index contributed by atoms with van der Waals surface area (Å²) < 4.78 is 26.4. The van der Waals surface area contributed by atoms with E-state index in [9.17, 15) is 13.6 Å². The van der Waals surface area contributed by atoms with Crippen molar-refractivity contribution in [2.45, 2.75) is 12.8 Å². The van der Waals surface area contributed by atoms with Crippen LogP contribution in [0.2, 0.25) is 0 Å². The summed E-state index contributed by atoms with van der Waals surface area (Å²) in [4.78, 5) is 14.1. The molecule has 3 nitrogen and oxygen atoms in total. The Hall–Kier alpha value is -1.49. The van der Waals surface area contributed by atoms with E-state index in [2.05, 4.69) is 5.32 Å². The number of hydrogen-bond acceptors (Lipinski definition) is 2. The molecule has 20 heavy (non-hydrogen) atoms. The number of nitrogens with one attached hydrogen (secondary N) is 1. The number of hydrogen-bond donors (Lipinski definition) is 1. The van der Waals surface area contributed by atoms with Crippen molar-refractivity contribution >= 4 is 5.91 Å². The second-order valence-electron chi connectivity index (χ2n) is 5.71. The molecule has 108 valence electrons. The van der Waals surface area contributed by atoms with Gasteiger partial charge in [-0.1, -0.05) is 0 Å². The maximum absolute atomic E-state index is 13.2. The Morgan fingerprint density at radius 2 is 1.60 bits per heavy atom. The molecule has 5 heteroatoms. The number of fused-ring (bicyclic) bond motifs is 1. The summed E-state index contributed by atoms with van der Waals surface area (Å²) >= 11 is 0. The van der Waals surface area contributed by atoms with Gasteiger partial charge in [-0.3, -0.25) is 4.79 Å². The standard InChI is InChI=1S/C15H18F2N2O/c16-13-5-12(6-14(17)7-13)15(20)19-3-1-10-8-18-9-11(10)2-4-19/h5-7,10-11,18H,1-4,8-9H2/t10-,11+. The SMILES string of the molecule is O=C(c1cc(F)cc(F)c1)N1CC[C@@H]2CNC[C@@H]2CC1. The van der Waals surface area contributed by atoms with Crippen LogP contribution in [0, 0.1) is 23.5 Å². The third kappa shape index (κ3) is 2.68. The first kappa shape index (κ1) is 13.5. The maximum Gasteiger partial charge on any atom is 0.254 e. The van der Waals surface area contributed by atoms with Gasteiger partial charge in [-0.05, 0) is 49.9 Å². The summed E-state index contributed by atoms with van der Waals surface area (Å²) in [5, 5.41) is 3.38. The molecule has 0 unspecified atom stereocenters. The lowest BCUT2D eigenvalue weighted by molar-refractivity contribution is 0.0757. The van der Waals surface area contributed by atoms with Crippen LogP contribution in [-0.4, -0.2) is 37.0 Å². The summed E-state index contributed by atoms with van der Waals surface area (Å²) in [7, 11) is 0. The van der Waals surface area contributed by atoms with Gasteiger partial charge < -0.3 is 10.2 Å². The van der Waals surface area contributed by atoms with Crippen LogP contribution in [0.4, 0.5) is 8.78 Å². The Balaban J connectivity index is 1.73. The van der Waals surface area contributed by atoms with Crippen LogP contribution in [0.1, 0.15) is 23.2 Å². The molecule has 0 bridgehead atoms. The molecule has 3 rings (SSSR count). The van der Waals surface area contributed by atoms with Crippen molar-refractivity contribution in [3.8, 4) is 0 Å². The molecule has 2 heterocycles. The van der Waals surface area contributed by atoms with Gasteiger partial charge in [0.05, 0.1) is 0 Å². The van der Waals surface area contributed by atoms with E-state index in [0.29, 0.717) is 24.9 Å². The molecule has 1 amide bonds. The van der Waals surface area contributed by atoms with Gasteiger partial charge >= 0.3 is 0 Å². The summed E-state index contributed by atoms with van der Waals surface area (Å²) in [6.07, 6.45) is 1.92. The number of amides is 1. The van der Waals surface area contributed by atoms with E-state index in [1.807, 2.05) is 0 Å². The Morgan fingerprint density at radius 1 is 1.05 bits per heavy atom. The van der Waals surface area contributed by atoms with Gasteiger partial charge in [0, 0.05) is 24.7 Å². The van der Waals surface area contributed by atoms with Gasteiger partial charge in [0.15, 0.2) is 0 Å². The van der Waals surface area contributed by atoms with E-state index < -0.39 is 11.6 Å². The van der Waals surface area contributed by atoms with Crippen molar-refractivity contribution in [2.75, 3.05) is 26.2 Å². The zero-order valence-electron chi connectivity index (χ0n) is 11.2. The minimum absolute atomic E-state index is 0.104. The van der Waals surface area contributed by atoms with Crippen molar-refractivity contribution in [1.29, 1.82) is 0 Å². The first-order chi connectivity index (χ1) is 9.63. The fourth-order valence-electron chi connectivity index (χ4n) is 3.28. The van der Waals surface area contributed by atoms with Crippen LogP contribution < -0.4 is 5.32 Å². The van der Waals surface area contributed by atoms with Crippen LogP contribution in [0.15, 0.2) is 18.2 Å². The molecule has 2 aliphatic heterocycles. The number of rotatable bonds is 1. The Labute approximate surface area is 117 Å². The zero-order chi connectivity index (χ0) is 14.1. The van der Waals surface area contributed by atoms with Gasteiger partial charge in [0.25, 0.3) is 5.91 Å². The molecular weight excluding hydrogens is 262 g/mol. The third-order valence-electron chi connectivity index (χ3n) is 4.42. The van der Waals surface area contributed by atoms with E-state index in [1.54, 1.807) is 4.90 Å². The van der Waals surface area contributed by atoms with Gasteiger partial charge in [0.2, 0.25) is 0 Å².